The van der Waals surface area contributed by atoms with E-state index < -0.39 is 0 Å². The number of aliphatic imine (C=N–C) groups is 1. The lowest BCUT2D eigenvalue weighted by Crippen LogP contribution is -2.14. The van der Waals surface area contributed by atoms with Crippen LogP contribution in [0.1, 0.15) is 26.2 Å². The second kappa shape index (κ2) is 6.39. The number of hydrogen-bond donors (Lipinski definition) is 1. The number of hydrogen-bond acceptors (Lipinski definition) is 2. The Morgan fingerprint density at radius 1 is 1.50 bits per heavy atom. The monoisotopic (exact) mass is 144 g/mol. The molecule has 0 saturated carbocycles. The van der Waals surface area contributed by atoms with Crippen molar-refractivity contribution < 1.29 is 4.74 Å². The number of nitrogens with two attached hydrogens (primary N) is 1. The summed E-state index contributed by atoms with van der Waals surface area (Å²) >= 11 is 0. The zero-order valence-corrected chi connectivity index (χ0v) is 6.76. The summed E-state index contributed by atoms with van der Waals surface area (Å²) in [6.45, 7) is 2.94. The van der Waals surface area contributed by atoms with E-state index in [1.165, 1.54) is 20.0 Å². The highest BCUT2D eigenvalue weighted by molar-refractivity contribution is 5.71. The van der Waals surface area contributed by atoms with E-state index in [1.807, 2.05) is 0 Å². The second-order valence-corrected chi connectivity index (χ2v) is 2.13. The van der Waals surface area contributed by atoms with Gasteiger partial charge in [-0.3, -0.25) is 0 Å². The van der Waals surface area contributed by atoms with Gasteiger partial charge in [0.15, 0.2) is 0 Å². The first kappa shape index (κ1) is 9.27. The fraction of sp³-hybridized carbons (Fsp3) is 0.857. The van der Waals surface area contributed by atoms with E-state index in [4.69, 9.17) is 5.73 Å². The van der Waals surface area contributed by atoms with E-state index >= 15 is 0 Å². The predicted octanol–water partition coefficient (Wildman–Crippen LogP) is 1.14. The number of amidine groups is 1. The van der Waals surface area contributed by atoms with Gasteiger partial charge in [0.25, 0.3) is 6.02 Å². The summed E-state index contributed by atoms with van der Waals surface area (Å²) in [5.74, 6) is 0. The average molecular weight is 144 g/mol. The highest BCUT2D eigenvalue weighted by atomic mass is 16.5. The first-order valence-corrected chi connectivity index (χ1v) is 3.65. The molecule has 3 nitrogen and oxygen atoms in total. The molecule has 0 aliphatic rings. The summed E-state index contributed by atoms with van der Waals surface area (Å²) in [6.07, 6.45) is 3.52. The summed E-state index contributed by atoms with van der Waals surface area (Å²) in [5, 5.41) is 0. The molecule has 0 aromatic rings. The van der Waals surface area contributed by atoms with E-state index in [9.17, 15) is 0 Å². The van der Waals surface area contributed by atoms with Crippen LogP contribution in [0.3, 0.4) is 0 Å². The Balaban J connectivity index is 3.16. The first-order chi connectivity index (χ1) is 4.81. The molecule has 0 saturated heterocycles. The lowest BCUT2D eigenvalue weighted by atomic mass is 10.2. The normalized spacial score (nSPS) is 11.6. The number of ether oxygens (including phenoxy) is 1. The Hall–Kier alpha value is -0.730. The van der Waals surface area contributed by atoms with Gasteiger partial charge >= 0.3 is 0 Å². The molecular weight excluding hydrogens is 128 g/mol. The van der Waals surface area contributed by atoms with Gasteiger partial charge in [0.05, 0.1) is 7.11 Å². The summed E-state index contributed by atoms with van der Waals surface area (Å²) in [6, 6.07) is 0.288. The van der Waals surface area contributed by atoms with Gasteiger partial charge in [-0.2, -0.15) is 0 Å². The average Bonchev–Trinajstić information content (AvgIpc) is 1.98. The molecule has 0 amide bonds. The SMILES string of the molecule is CCCCCN=C(N)OC. The maximum absolute atomic E-state index is 5.28. The molecule has 10 heavy (non-hydrogen) atoms. The lowest BCUT2D eigenvalue weighted by molar-refractivity contribution is 0.394. The van der Waals surface area contributed by atoms with Gasteiger partial charge in [0.1, 0.15) is 0 Å². The van der Waals surface area contributed by atoms with Crippen LogP contribution in [0.4, 0.5) is 0 Å². The van der Waals surface area contributed by atoms with E-state index in [2.05, 4.69) is 16.7 Å². The molecule has 0 bridgehead atoms. The topological polar surface area (TPSA) is 47.6 Å². The molecule has 0 fully saturated rings. The van der Waals surface area contributed by atoms with Crippen molar-refractivity contribution in [1.82, 2.24) is 0 Å². The fourth-order valence-electron chi connectivity index (χ4n) is 0.616. The molecule has 0 unspecified atom stereocenters. The van der Waals surface area contributed by atoms with Crippen LogP contribution in [-0.4, -0.2) is 19.7 Å². The van der Waals surface area contributed by atoms with Crippen LogP contribution in [0.5, 0.6) is 0 Å². The van der Waals surface area contributed by atoms with Crippen LogP contribution in [0.25, 0.3) is 0 Å². The number of rotatable bonds is 4. The van der Waals surface area contributed by atoms with Crippen LogP contribution < -0.4 is 5.73 Å². The van der Waals surface area contributed by atoms with E-state index in [-0.39, 0.29) is 6.02 Å². The molecule has 0 heterocycles. The van der Waals surface area contributed by atoms with E-state index in [0.717, 1.165) is 13.0 Å². The highest BCUT2D eigenvalue weighted by Crippen LogP contribution is 1.93. The Morgan fingerprint density at radius 3 is 2.70 bits per heavy atom. The molecule has 0 aromatic heterocycles. The van der Waals surface area contributed by atoms with Crippen LogP contribution in [0.2, 0.25) is 0 Å². The van der Waals surface area contributed by atoms with Gasteiger partial charge in [0, 0.05) is 6.54 Å². The van der Waals surface area contributed by atoms with Crippen LogP contribution in [0.15, 0.2) is 4.99 Å². The summed E-state index contributed by atoms with van der Waals surface area (Å²) < 4.78 is 4.66. The summed E-state index contributed by atoms with van der Waals surface area (Å²) in [4.78, 5) is 3.95. The Kier molecular flexibility index (Phi) is 5.92. The zero-order valence-electron chi connectivity index (χ0n) is 6.76. The predicted molar refractivity (Wildman–Crippen MR) is 43.0 cm³/mol. The smallest absolute Gasteiger partial charge is 0.281 e. The molecule has 0 aromatic carbocycles. The molecule has 2 N–H and O–H groups in total. The lowest BCUT2D eigenvalue weighted by Gasteiger charge is -1.96. The van der Waals surface area contributed by atoms with Crippen molar-refractivity contribution in [1.29, 1.82) is 0 Å². The highest BCUT2D eigenvalue weighted by Gasteiger charge is 1.86. The minimum absolute atomic E-state index is 0.288. The molecule has 0 aliphatic heterocycles. The van der Waals surface area contributed by atoms with Crippen molar-refractivity contribution in [3.63, 3.8) is 0 Å². The van der Waals surface area contributed by atoms with Crippen LogP contribution >= 0.6 is 0 Å². The molecule has 0 spiro atoms. The fourth-order valence-corrected chi connectivity index (χ4v) is 0.616. The van der Waals surface area contributed by atoms with Crippen molar-refractivity contribution >= 4 is 6.02 Å². The minimum atomic E-state index is 0.288. The van der Waals surface area contributed by atoms with Gasteiger partial charge in [-0.15, -0.1) is 0 Å². The molecule has 0 rings (SSSR count). The van der Waals surface area contributed by atoms with Crippen molar-refractivity contribution in [2.75, 3.05) is 13.7 Å². The van der Waals surface area contributed by atoms with Crippen molar-refractivity contribution in [3.05, 3.63) is 0 Å². The number of unbranched alkanes of at least 4 members (excludes halogenated alkanes) is 2. The molecular formula is C7H16N2O. The largest absolute Gasteiger partial charge is 0.469 e. The minimum Gasteiger partial charge on any atom is -0.469 e. The van der Waals surface area contributed by atoms with Crippen LogP contribution in [0, 0.1) is 0 Å². The standard InChI is InChI=1S/C7H16N2O/c1-3-4-5-6-9-7(8)10-2/h3-6H2,1-2H3,(H2,8,9). The quantitative estimate of drug-likeness (QED) is 0.365. The zero-order chi connectivity index (χ0) is 7.82. The van der Waals surface area contributed by atoms with Gasteiger partial charge in [-0.25, -0.2) is 4.99 Å². The Morgan fingerprint density at radius 2 is 2.20 bits per heavy atom. The van der Waals surface area contributed by atoms with E-state index in [1.54, 1.807) is 0 Å². The van der Waals surface area contributed by atoms with Gasteiger partial charge in [0.2, 0.25) is 0 Å². The molecule has 0 aliphatic carbocycles. The summed E-state index contributed by atoms with van der Waals surface area (Å²) in [5.41, 5.74) is 5.28. The number of methoxy groups -OCH3 is 1. The third kappa shape index (κ3) is 5.41. The van der Waals surface area contributed by atoms with Gasteiger partial charge in [-0.1, -0.05) is 19.8 Å². The second-order valence-electron chi connectivity index (χ2n) is 2.13. The molecule has 60 valence electrons. The van der Waals surface area contributed by atoms with Crippen LogP contribution in [-0.2, 0) is 4.74 Å². The van der Waals surface area contributed by atoms with E-state index in [0.29, 0.717) is 0 Å². The maximum atomic E-state index is 5.28. The Bertz CT molecular complexity index is 102. The van der Waals surface area contributed by atoms with Gasteiger partial charge in [-0.05, 0) is 6.42 Å². The van der Waals surface area contributed by atoms with Gasteiger partial charge < -0.3 is 10.5 Å². The number of nitrogens with zero attached hydrogens (tertiary/aromatic N) is 1. The maximum Gasteiger partial charge on any atom is 0.281 e. The summed E-state index contributed by atoms with van der Waals surface area (Å²) in [7, 11) is 1.53. The third-order valence-electron chi connectivity index (χ3n) is 1.24. The van der Waals surface area contributed by atoms with Crippen molar-refractivity contribution in [3.8, 4) is 0 Å². The van der Waals surface area contributed by atoms with Crippen molar-refractivity contribution in [2.24, 2.45) is 10.7 Å². The van der Waals surface area contributed by atoms with Crippen molar-refractivity contribution in [2.45, 2.75) is 26.2 Å². The molecule has 0 radical (unpaired) electrons. The molecule has 3 heteroatoms. The Labute approximate surface area is 62.3 Å². The third-order valence-corrected chi connectivity index (χ3v) is 1.24. The first-order valence-electron chi connectivity index (χ1n) is 3.65. The molecule has 0 atom stereocenters.